The van der Waals surface area contributed by atoms with Crippen LogP contribution in [0.15, 0.2) is 69.8 Å². The Hall–Kier alpha value is -1.54. The first-order chi connectivity index (χ1) is 10.6. The fourth-order valence-corrected chi connectivity index (χ4v) is 3.59. The third kappa shape index (κ3) is 2.98. The van der Waals surface area contributed by atoms with Gasteiger partial charge in [-0.25, -0.2) is 0 Å². The molecule has 22 heavy (non-hydrogen) atoms. The van der Waals surface area contributed by atoms with Crippen molar-refractivity contribution >= 4 is 21.6 Å². The molecule has 3 rings (SSSR count). The standard InChI is InChI=1S/C20H22BrN/c1-13(2)11-17-14(3)20(15-7-5-4-6-8-15)22-19-10-9-16(21)12-18(17)19/h4-10,12-13,19,22H,11H2,1-3H3. The maximum atomic E-state index is 3.71. The molecule has 1 nitrogen and oxygen atoms in total. The molecule has 1 aromatic carbocycles. The van der Waals surface area contributed by atoms with Gasteiger partial charge in [0.25, 0.3) is 0 Å². The molecule has 0 spiro atoms. The lowest BCUT2D eigenvalue weighted by atomic mass is 9.83. The lowest BCUT2D eigenvalue weighted by Crippen LogP contribution is -2.34. The van der Waals surface area contributed by atoms with E-state index in [1.54, 1.807) is 0 Å². The van der Waals surface area contributed by atoms with Crippen molar-refractivity contribution in [3.63, 3.8) is 0 Å². The molecule has 114 valence electrons. The van der Waals surface area contributed by atoms with Gasteiger partial charge in [-0.1, -0.05) is 66.2 Å². The van der Waals surface area contributed by atoms with Crippen molar-refractivity contribution < 1.29 is 0 Å². The molecule has 1 N–H and O–H groups in total. The fourth-order valence-electron chi connectivity index (χ4n) is 3.19. The van der Waals surface area contributed by atoms with E-state index in [1.807, 2.05) is 0 Å². The van der Waals surface area contributed by atoms with Crippen LogP contribution in [-0.4, -0.2) is 6.04 Å². The average molecular weight is 356 g/mol. The lowest BCUT2D eigenvalue weighted by molar-refractivity contribution is 0.631. The first-order valence-electron chi connectivity index (χ1n) is 7.88. The quantitative estimate of drug-likeness (QED) is 0.745. The Kier molecular flexibility index (Phi) is 4.39. The van der Waals surface area contributed by atoms with Gasteiger partial charge < -0.3 is 5.32 Å². The van der Waals surface area contributed by atoms with E-state index in [1.165, 1.54) is 28.0 Å². The molecule has 0 saturated carbocycles. The van der Waals surface area contributed by atoms with E-state index in [0.29, 0.717) is 5.92 Å². The summed E-state index contributed by atoms with van der Waals surface area (Å²) in [4.78, 5) is 0. The normalized spacial score (nSPS) is 21.0. The van der Waals surface area contributed by atoms with Gasteiger partial charge >= 0.3 is 0 Å². The predicted octanol–water partition coefficient (Wildman–Crippen LogP) is 5.58. The summed E-state index contributed by atoms with van der Waals surface area (Å²) in [6, 6.07) is 10.9. The molecule has 0 fully saturated rings. The van der Waals surface area contributed by atoms with Crippen LogP contribution in [0, 0.1) is 5.92 Å². The highest BCUT2D eigenvalue weighted by molar-refractivity contribution is 9.11. The number of hydrogen-bond donors (Lipinski definition) is 1. The summed E-state index contributed by atoms with van der Waals surface area (Å²) in [7, 11) is 0. The molecule has 1 heterocycles. The fraction of sp³-hybridized carbons (Fsp3) is 0.300. The Labute approximate surface area is 141 Å². The number of benzene rings is 1. The SMILES string of the molecule is CC1=C(c2ccccc2)NC2C=CC(Br)=CC2=C1CC(C)C. The van der Waals surface area contributed by atoms with Gasteiger partial charge in [-0.3, -0.25) is 0 Å². The minimum atomic E-state index is 0.272. The number of halogens is 1. The molecule has 0 saturated heterocycles. The summed E-state index contributed by atoms with van der Waals surface area (Å²) in [6.45, 7) is 6.82. The van der Waals surface area contributed by atoms with E-state index in [4.69, 9.17) is 0 Å². The van der Waals surface area contributed by atoms with Gasteiger partial charge in [0, 0.05) is 10.2 Å². The van der Waals surface area contributed by atoms with E-state index in [0.717, 1.165) is 10.9 Å². The first kappa shape index (κ1) is 15.4. The zero-order valence-electron chi connectivity index (χ0n) is 13.4. The van der Waals surface area contributed by atoms with E-state index < -0.39 is 0 Å². The van der Waals surface area contributed by atoms with Crippen LogP contribution in [0.2, 0.25) is 0 Å². The summed E-state index contributed by atoms with van der Waals surface area (Å²) in [5, 5.41) is 3.71. The summed E-state index contributed by atoms with van der Waals surface area (Å²) < 4.78 is 1.15. The Balaban J connectivity index is 2.13. The van der Waals surface area contributed by atoms with Gasteiger partial charge in [-0.2, -0.15) is 0 Å². The van der Waals surface area contributed by atoms with Crippen molar-refractivity contribution in [1.29, 1.82) is 0 Å². The lowest BCUT2D eigenvalue weighted by Gasteiger charge is -2.33. The smallest absolute Gasteiger partial charge is 0.0704 e. The van der Waals surface area contributed by atoms with Gasteiger partial charge in [0.2, 0.25) is 0 Å². The van der Waals surface area contributed by atoms with Crippen molar-refractivity contribution in [3.05, 3.63) is 75.3 Å². The summed E-state index contributed by atoms with van der Waals surface area (Å²) in [6.07, 6.45) is 7.76. The number of nitrogens with one attached hydrogen (secondary N) is 1. The largest absolute Gasteiger partial charge is 0.374 e. The van der Waals surface area contributed by atoms with Crippen molar-refractivity contribution in [2.24, 2.45) is 5.92 Å². The molecule has 2 heteroatoms. The van der Waals surface area contributed by atoms with E-state index in [9.17, 15) is 0 Å². The van der Waals surface area contributed by atoms with E-state index in [-0.39, 0.29) is 6.04 Å². The van der Waals surface area contributed by atoms with Gasteiger partial charge in [0.1, 0.15) is 0 Å². The van der Waals surface area contributed by atoms with Gasteiger partial charge in [0.15, 0.2) is 0 Å². The zero-order valence-corrected chi connectivity index (χ0v) is 14.9. The minimum absolute atomic E-state index is 0.272. The molecule has 2 aliphatic rings. The zero-order chi connectivity index (χ0) is 15.7. The minimum Gasteiger partial charge on any atom is -0.374 e. The van der Waals surface area contributed by atoms with Gasteiger partial charge in [-0.15, -0.1) is 0 Å². The van der Waals surface area contributed by atoms with Crippen molar-refractivity contribution in [2.45, 2.75) is 33.2 Å². The maximum absolute atomic E-state index is 3.71. The third-order valence-electron chi connectivity index (χ3n) is 4.23. The highest BCUT2D eigenvalue weighted by Gasteiger charge is 2.26. The van der Waals surface area contributed by atoms with Crippen molar-refractivity contribution in [1.82, 2.24) is 5.32 Å². The number of hydrogen-bond acceptors (Lipinski definition) is 1. The summed E-state index contributed by atoms with van der Waals surface area (Å²) in [5.74, 6) is 0.645. The van der Waals surface area contributed by atoms with Gasteiger partial charge in [0.05, 0.1) is 6.04 Å². The molecule has 1 aliphatic carbocycles. The van der Waals surface area contributed by atoms with Crippen LogP contribution in [0.25, 0.3) is 5.70 Å². The second-order valence-corrected chi connectivity index (χ2v) is 7.32. The highest BCUT2D eigenvalue weighted by Crippen LogP contribution is 2.37. The molecule has 1 aliphatic heterocycles. The number of dihydropyridines is 1. The second kappa shape index (κ2) is 6.29. The molecule has 0 bridgehead atoms. The summed E-state index contributed by atoms with van der Waals surface area (Å²) in [5.41, 5.74) is 6.79. The van der Waals surface area contributed by atoms with Crippen molar-refractivity contribution in [2.75, 3.05) is 0 Å². The van der Waals surface area contributed by atoms with Crippen molar-refractivity contribution in [3.8, 4) is 0 Å². The predicted molar refractivity (Wildman–Crippen MR) is 98.6 cm³/mol. The maximum Gasteiger partial charge on any atom is 0.0704 e. The van der Waals surface area contributed by atoms with Crippen LogP contribution < -0.4 is 5.32 Å². The monoisotopic (exact) mass is 355 g/mol. The molecular formula is C20H22BrN. The Morgan fingerprint density at radius 2 is 1.91 bits per heavy atom. The topological polar surface area (TPSA) is 12.0 Å². The molecule has 1 atom stereocenters. The Bertz CT molecular complexity index is 690. The number of fused-ring (bicyclic) bond motifs is 1. The molecule has 0 amide bonds. The molecule has 0 aromatic heterocycles. The summed E-state index contributed by atoms with van der Waals surface area (Å²) >= 11 is 3.62. The van der Waals surface area contributed by atoms with Gasteiger partial charge in [-0.05, 0) is 53.7 Å². The molecular weight excluding hydrogens is 334 g/mol. The average Bonchev–Trinajstić information content (AvgIpc) is 2.51. The third-order valence-corrected chi connectivity index (χ3v) is 4.72. The van der Waals surface area contributed by atoms with E-state index in [2.05, 4.69) is 90.6 Å². The Morgan fingerprint density at radius 3 is 2.59 bits per heavy atom. The van der Waals surface area contributed by atoms with E-state index >= 15 is 0 Å². The van der Waals surface area contributed by atoms with Crippen LogP contribution in [0.1, 0.15) is 32.8 Å². The number of rotatable bonds is 3. The second-order valence-electron chi connectivity index (χ2n) is 6.41. The van der Waals surface area contributed by atoms with Crippen LogP contribution in [0.3, 0.4) is 0 Å². The highest BCUT2D eigenvalue weighted by atomic mass is 79.9. The van der Waals surface area contributed by atoms with Crippen LogP contribution in [0.5, 0.6) is 0 Å². The molecule has 1 unspecified atom stereocenters. The Morgan fingerprint density at radius 1 is 1.18 bits per heavy atom. The van der Waals surface area contributed by atoms with Crippen LogP contribution in [0.4, 0.5) is 0 Å². The van der Waals surface area contributed by atoms with Crippen LogP contribution in [-0.2, 0) is 0 Å². The first-order valence-corrected chi connectivity index (χ1v) is 8.67. The van der Waals surface area contributed by atoms with Crippen LogP contribution >= 0.6 is 15.9 Å². The molecule has 0 radical (unpaired) electrons. The number of allylic oxidation sites excluding steroid dienone is 4. The molecule has 1 aromatic rings.